The minimum atomic E-state index is -0.281. The van der Waals surface area contributed by atoms with Gasteiger partial charge in [0.25, 0.3) is 0 Å². The van der Waals surface area contributed by atoms with Crippen molar-refractivity contribution in [3.63, 3.8) is 0 Å². The van der Waals surface area contributed by atoms with Crippen molar-refractivity contribution in [2.45, 2.75) is 13.5 Å². The average Bonchev–Trinajstić information content (AvgIpc) is 2.33. The number of benzene rings is 1. The van der Waals surface area contributed by atoms with Gasteiger partial charge in [-0.3, -0.25) is 4.57 Å². The van der Waals surface area contributed by atoms with E-state index in [2.05, 4.69) is 4.98 Å². The molecule has 0 amide bonds. The zero-order valence-corrected chi connectivity index (χ0v) is 10.9. The van der Waals surface area contributed by atoms with Crippen LogP contribution >= 0.6 is 11.6 Å². The second-order valence-corrected chi connectivity index (χ2v) is 4.37. The SMILES string of the molecule is COc1ccc(Cl)cc1Cn1ccc(C)nc1=O. The first-order valence-corrected chi connectivity index (χ1v) is 5.84. The van der Waals surface area contributed by atoms with Crippen molar-refractivity contribution in [2.75, 3.05) is 7.11 Å². The van der Waals surface area contributed by atoms with Gasteiger partial charge in [0.05, 0.1) is 13.7 Å². The summed E-state index contributed by atoms with van der Waals surface area (Å²) in [5, 5.41) is 0.610. The zero-order chi connectivity index (χ0) is 13.1. The van der Waals surface area contributed by atoms with Crippen LogP contribution in [0.25, 0.3) is 0 Å². The Labute approximate surface area is 110 Å². The largest absolute Gasteiger partial charge is 0.496 e. The van der Waals surface area contributed by atoms with E-state index in [1.165, 1.54) is 4.57 Å². The maximum atomic E-state index is 11.7. The number of methoxy groups -OCH3 is 1. The van der Waals surface area contributed by atoms with Gasteiger partial charge in [0, 0.05) is 22.5 Å². The van der Waals surface area contributed by atoms with E-state index >= 15 is 0 Å². The van der Waals surface area contributed by atoms with Crippen LogP contribution in [0.2, 0.25) is 5.02 Å². The second-order valence-electron chi connectivity index (χ2n) is 3.94. The molecule has 5 heteroatoms. The summed E-state index contributed by atoms with van der Waals surface area (Å²) in [7, 11) is 1.59. The molecule has 0 aliphatic heterocycles. The van der Waals surface area contributed by atoms with E-state index in [9.17, 15) is 4.79 Å². The Morgan fingerprint density at radius 3 is 2.83 bits per heavy atom. The third-order valence-electron chi connectivity index (χ3n) is 2.60. The van der Waals surface area contributed by atoms with Crippen molar-refractivity contribution < 1.29 is 4.74 Å². The predicted octanol–water partition coefficient (Wildman–Crippen LogP) is 2.26. The highest BCUT2D eigenvalue weighted by Gasteiger charge is 2.06. The molecule has 0 spiro atoms. The average molecular weight is 265 g/mol. The third-order valence-corrected chi connectivity index (χ3v) is 2.83. The van der Waals surface area contributed by atoms with E-state index in [1.54, 1.807) is 44.5 Å². The molecule has 0 N–H and O–H groups in total. The van der Waals surface area contributed by atoms with Gasteiger partial charge in [-0.05, 0) is 31.2 Å². The van der Waals surface area contributed by atoms with Gasteiger partial charge >= 0.3 is 5.69 Å². The summed E-state index contributed by atoms with van der Waals surface area (Å²) in [4.78, 5) is 15.6. The Morgan fingerprint density at radius 1 is 1.39 bits per heavy atom. The number of aromatic nitrogens is 2. The van der Waals surface area contributed by atoms with Gasteiger partial charge in [0.15, 0.2) is 0 Å². The van der Waals surface area contributed by atoms with Crippen molar-refractivity contribution in [3.05, 3.63) is 57.2 Å². The Balaban J connectivity index is 2.39. The molecule has 2 rings (SSSR count). The maximum Gasteiger partial charge on any atom is 0.348 e. The lowest BCUT2D eigenvalue weighted by molar-refractivity contribution is 0.408. The number of nitrogens with zero attached hydrogens (tertiary/aromatic N) is 2. The highest BCUT2D eigenvalue weighted by atomic mass is 35.5. The standard InChI is InChI=1S/C13H13ClN2O2/c1-9-5-6-16(13(17)15-9)8-10-7-11(14)3-4-12(10)18-2/h3-7H,8H2,1-2H3. The van der Waals surface area contributed by atoms with Crippen LogP contribution in [0.5, 0.6) is 5.75 Å². The molecule has 94 valence electrons. The molecule has 0 unspecified atom stereocenters. The first-order valence-electron chi connectivity index (χ1n) is 5.46. The first-order chi connectivity index (χ1) is 8.60. The Kier molecular flexibility index (Phi) is 3.67. The van der Waals surface area contributed by atoms with Crippen molar-refractivity contribution in [1.29, 1.82) is 0 Å². The smallest absolute Gasteiger partial charge is 0.348 e. The van der Waals surface area contributed by atoms with Crippen LogP contribution < -0.4 is 10.4 Å². The van der Waals surface area contributed by atoms with E-state index in [4.69, 9.17) is 16.3 Å². The van der Waals surface area contributed by atoms with Gasteiger partial charge in [-0.15, -0.1) is 0 Å². The molecule has 0 aliphatic rings. The van der Waals surface area contributed by atoms with Crippen LogP contribution in [0.15, 0.2) is 35.3 Å². The summed E-state index contributed by atoms with van der Waals surface area (Å²) in [6.45, 7) is 2.17. The molecule has 0 aliphatic carbocycles. The van der Waals surface area contributed by atoms with E-state index < -0.39 is 0 Å². The quantitative estimate of drug-likeness (QED) is 0.854. The molecule has 18 heavy (non-hydrogen) atoms. The summed E-state index contributed by atoms with van der Waals surface area (Å²) in [6, 6.07) is 7.11. The van der Waals surface area contributed by atoms with Gasteiger partial charge in [-0.25, -0.2) is 4.79 Å². The molecular weight excluding hydrogens is 252 g/mol. The number of ether oxygens (including phenoxy) is 1. The minimum absolute atomic E-state index is 0.281. The molecule has 0 fully saturated rings. The minimum Gasteiger partial charge on any atom is -0.496 e. The van der Waals surface area contributed by atoms with Crippen LogP contribution in [0, 0.1) is 6.92 Å². The van der Waals surface area contributed by atoms with Crippen LogP contribution in [0.4, 0.5) is 0 Å². The molecule has 4 nitrogen and oxygen atoms in total. The summed E-state index contributed by atoms with van der Waals surface area (Å²) in [5.74, 6) is 0.701. The molecule has 1 aromatic carbocycles. The molecule has 0 saturated heterocycles. The summed E-state index contributed by atoms with van der Waals surface area (Å²) in [6.07, 6.45) is 1.71. The van der Waals surface area contributed by atoms with Gasteiger partial charge in [-0.2, -0.15) is 4.98 Å². The van der Waals surface area contributed by atoms with Crippen LogP contribution in [-0.2, 0) is 6.54 Å². The lowest BCUT2D eigenvalue weighted by Gasteiger charge is -2.10. The molecule has 0 saturated carbocycles. The van der Waals surface area contributed by atoms with Crippen molar-refractivity contribution in [2.24, 2.45) is 0 Å². The van der Waals surface area contributed by atoms with Gasteiger partial charge in [0.2, 0.25) is 0 Å². The third kappa shape index (κ3) is 2.71. The lowest BCUT2D eigenvalue weighted by Crippen LogP contribution is -2.23. The van der Waals surface area contributed by atoms with E-state index in [1.807, 2.05) is 0 Å². The van der Waals surface area contributed by atoms with Crippen LogP contribution in [0.3, 0.4) is 0 Å². The maximum absolute atomic E-state index is 11.7. The van der Waals surface area contributed by atoms with Crippen LogP contribution in [0.1, 0.15) is 11.3 Å². The van der Waals surface area contributed by atoms with Gasteiger partial charge in [0.1, 0.15) is 5.75 Å². The summed E-state index contributed by atoms with van der Waals surface area (Å²) < 4.78 is 6.76. The Morgan fingerprint density at radius 2 is 2.17 bits per heavy atom. The summed E-state index contributed by atoms with van der Waals surface area (Å²) >= 11 is 5.95. The van der Waals surface area contributed by atoms with Gasteiger partial charge in [-0.1, -0.05) is 11.6 Å². The van der Waals surface area contributed by atoms with E-state index in [0.717, 1.165) is 5.56 Å². The molecule has 1 aromatic heterocycles. The van der Waals surface area contributed by atoms with Crippen LogP contribution in [-0.4, -0.2) is 16.7 Å². The molecule has 0 bridgehead atoms. The highest BCUT2D eigenvalue weighted by Crippen LogP contribution is 2.22. The first kappa shape index (κ1) is 12.6. The number of hydrogen-bond acceptors (Lipinski definition) is 3. The predicted molar refractivity (Wildman–Crippen MR) is 70.3 cm³/mol. The number of hydrogen-bond donors (Lipinski definition) is 0. The van der Waals surface area contributed by atoms with E-state index in [0.29, 0.717) is 23.0 Å². The topological polar surface area (TPSA) is 44.1 Å². The van der Waals surface area contributed by atoms with Crippen molar-refractivity contribution in [3.8, 4) is 5.75 Å². The molecule has 0 radical (unpaired) electrons. The number of halogens is 1. The number of rotatable bonds is 3. The van der Waals surface area contributed by atoms with E-state index in [-0.39, 0.29) is 5.69 Å². The fourth-order valence-corrected chi connectivity index (χ4v) is 1.88. The summed E-state index contributed by atoms with van der Waals surface area (Å²) in [5.41, 5.74) is 1.27. The Hall–Kier alpha value is -1.81. The molecular formula is C13H13ClN2O2. The second kappa shape index (κ2) is 5.23. The normalized spacial score (nSPS) is 10.4. The fourth-order valence-electron chi connectivity index (χ4n) is 1.69. The highest BCUT2D eigenvalue weighted by molar-refractivity contribution is 6.30. The molecule has 1 heterocycles. The fraction of sp³-hybridized carbons (Fsp3) is 0.231. The van der Waals surface area contributed by atoms with Gasteiger partial charge < -0.3 is 4.74 Å². The zero-order valence-electron chi connectivity index (χ0n) is 10.2. The van der Waals surface area contributed by atoms with Crippen molar-refractivity contribution in [1.82, 2.24) is 9.55 Å². The lowest BCUT2D eigenvalue weighted by atomic mass is 10.2. The number of aryl methyl sites for hydroxylation is 1. The van der Waals surface area contributed by atoms with Crippen molar-refractivity contribution >= 4 is 11.6 Å². The molecule has 2 aromatic rings. The molecule has 0 atom stereocenters. The Bertz CT molecular complexity index is 623. The monoisotopic (exact) mass is 264 g/mol.